The van der Waals surface area contributed by atoms with Gasteiger partial charge < -0.3 is 12.7 Å². The fourth-order valence-corrected chi connectivity index (χ4v) is 0.523. The topological polar surface area (TPSA) is 46.4 Å². The third-order valence-corrected chi connectivity index (χ3v) is 0.905. The van der Waals surface area contributed by atoms with Crippen LogP contribution in [-0.4, -0.2) is 18.2 Å². The Kier molecular flexibility index (Phi) is 3.69. The first-order valence-electron chi connectivity index (χ1n) is 1.82. The molecular formula is C2H4LiNO3S. The van der Waals surface area contributed by atoms with E-state index in [1.165, 1.54) is 5.06 Å². The maximum Gasteiger partial charge on any atom is 1.00 e. The normalized spacial score (nSPS) is 18.1. The Morgan fingerprint density at radius 1 is 1.38 bits per heavy atom. The number of rotatable bonds is 2. The molecule has 1 saturated heterocycles. The summed E-state index contributed by atoms with van der Waals surface area (Å²) in [5.74, 6) is 0. The van der Waals surface area contributed by atoms with Crippen molar-refractivity contribution < 1.29 is 31.6 Å². The van der Waals surface area contributed by atoms with Gasteiger partial charge in [-0.1, -0.05) is 0 Å². The zero-order valence-corrected chi connectivity index (χ0v) is 5.31. The Bertz CT molecular complexity index is 123. The summed E-state index contributed by atoms with van der Waals surface area (Å²) in [5.41, 5.74) is 0. The smallest absolute Gasteiger partial charge is 0.395 e. The van der Waals surface area contributed by atoms with Crippen LogP contribution in [0, 0.1) is 0 Å². The molecule has 1 aliphatic rings. The van der Waals surface area contributed by atoms with E-state index in [0.717, 1.165) is 13.1 Å². The molecule has 8 heavy (non-hydrogen) atoms. The van der Waals surface area contributed by atoms with Gasteiger partial charge in [0.05, 0.1) is 11.0 Å². The summed E-state index contributed by atoms with van der Waals surface area (Å²) in [6.07, 6.45) is 0. The first kappa shape index (κ1) is 8.47. The van der Waals surface area contributed by atoms with E-state index >= 15 is 0 Å². The summed E-state index contributed by atoms with van der Waals surface area (Å²) in [6.45, 7) is 1.46. The number of nitrogens with zero attached hydrogens (tertiary/aromatic N) is 1. The van der Waals surface area contributed by atoms with Crippen molar-refractivity contribution in [1.82, 2.24) is 5.06 Å². The Morgan fingerprint density at radius 3 is 2.00 bits per heavy atom. The molecule has 4 nitrogen and oxygen atoms in total. The molecule has 1 fully saturated rings. The van der Waals surface area contributed by atoms with Crippen LogP contribution < -0.4 is 18.9 Å². The average Bonchev–Trinajstić information content (AvgIpc) is 2.17. The fraction of sp³-hybridized carbons (Fsp3) is 1.00. The van der Waals surface area contributed by atoms with Gasteiger partial charge in [-0.15, -0.1) is 0 Å². The zero-order valence-electron chi connectivity index (χ0n) is 4.49. The summed E-state index contributed by atoms with van der Waals surface area (Å²) in [4.78, 5) is 0. The van der Waals surface area contributed by atoms with Crippen molar-refractivity contribution in [3.05, 3.63) is 0 Å². The van der Waals surface area contributed by atoms with E-state index in [4.69, 9.17) is 0 Å². The van der Waals surface area contributed by atoms with E-state index < -0.39 is 11.0 Å². The minimum atomic E-state index is -2.36. The summed E-state index contributed by atoms with van der Waals surface area (Å²) < 4.78 is 23.3. The van der Waals surface area contributed by atoms with Gasteiger partial charge in [0.25, 0.3) is 0 Å². The molecule has 0 aromatic heterocycles. The van der Waals surface area contributed by atoms with Crippen molar-refractivity contribution in [3.63, 3.8) is 0 Å². The minimum Gasteiger partial charge on any atom is -0.395 e. The molecule has 0 radical (unpaired) electrons. The standard InChI is InChI=1S/C2H4NO3S.Li/c4-7(5)6-3-1-2-3;/h1-2H2;/q-1;+1. The first-order valence-corrected chi connectivity index (χ1v) is 2.82. The maximum atomic E-state index is 9.59. The molecule has 42 valence electrons. The predicted octanol–water partition coefficient (Wildman–Crippen LogP) is -3.54. The second-order valence-corrected chi connectivity index (χ2v) is 1.76. The second kappa shape index (κ2) is 3.48. The Hall–Kier alpha value is 0.467. The number of hydrogen-bond acceptors (Lipinski definition) is 5. The van der Waals surface area contributed by atoms with Gasteiger partial charge in [-0.2, -0.15) is 0 Å². The molecular weight excluding hydrogens is 125 g/mol. The van der Waals surface area contributed by atoms with Crippen molar-refractivity contribution in [2.45, 2.75) is 0 Å². The first-order chi connectivity index (χ1) is 3.29. The summed E-state index contributed by atoms with van der Waals surface area (Å²) >= 11 is 0. The monoisotopic (exact) mass is 129 g/mol. The molecule has 0 atom stereocenters. The van der Waals surface area contributed by atoms with Crippen LogP contribution in [-0.2, 0) is 23.7 Å². The molecule has 0 spiro atoms. The molecule has 0 N–H and O–H groups in total. The van der Waals surface area contributed by atoms with Gasteiger partial charge in [0.2, 0.25) is 0 Å². The van der Waals surface area contributed by atoms with Crippen molar-refractivity contribution in [1.29, 1.82) is 0 Å². The number of hydroxylamine groups is 2. The van der Waals surface area contributed by atoms with Gasteiger partial charge in [0.1, 0.15) is 0 Å². The van der Waals surface area contributed by atoms with Crippen molar-refractivity contribution in [3.8, 4) is 0 Å². The Labute approximate surface area is 61.1 Å². The average molecular weight is 129 g/mol. The van der Waals surface area contributed by atoms with Crippen LogP contribution in [0.3, 0.4) is 0 Å². The molecule has 0 aromatic rings. The van der Waals surface area contributed by atoms with Gasteiger partial charge in [-0.3, -0.25) is 0 Å². The fourth-order valence-electron chi connectivity index (χ4n) is 0.201. The molecule has 0 unspecified atom stereocenters. The molecule has 0 aliphatic carbocycles. The molecule has 0 saturated carbocycles. The van der Waals surface area contributed by atoms with Crippen LogP contribution in [0.25, 0.3) is 0 Å². The van der Waals surface area contributed by atoms with Crippen molar-refractivity contribution in [2.24, 2.45) is 0 Å². The minimum absolute atomic E-state index is 0. The Morgan fingerprint density at radius 2 is 1.88 bits per heavy atom. The Balaban J connectivity index is 0.000000490. The predicted molar refractivity (Wildman–Crippen MR) is 21.4 cm³/mol. The zero-order chi connectivity index (χ0) is 5.28. The van der Waals surface area contributed by atoms with Crippen LogP contribution in [0.15, 0.2) is 0 Å². The van der Waals surface area contributed by atoms with Crippen LogP contribution in [0.1, 0.15) is 0 Å². The van der Waals surface area contributed by atoms with E-state index in [9.17, 15) is 8.42 Å². The third kappa shape index (κ3) is 3.47. The quantitative estimate of drug-likeness (QED) is 0.220. The van der Waals surface area contributed by atoms with Gasteiger partial charge in [-0.25, -0.2) is 5.06 Å². The molecule has 0 amide bonds. The molecule has 1 aliphatic heterocycles. The third-order valence-electron chi connectivity index (χ3n) is 0.572. The van der Waals surface area contributed by atoms with Crippen molar-refractivity contribution >= 4 is 11.0 Å². The van der Waals surface area contributed by atoms with Gasteiger partial charge in [-0.05, 0) is 0 Å². The molecule has 1 heterocycles. The molecule has 1 rings (SSSR count). The molecule has 6 heteroatoms. The number of hydrogen-bond donors (Lipinski definition) is 0. The van der Waals surface area contributed by atoms with E-state index in [1.54, 1.807) is 0 Å². The second-order valence-electron chi connectivity index (χ2n) is 1.21. The summed E-state index contributed by atoms with van der Waals surface area (Å²) in [6, 6.07) is 0. The largest absolute Gasteiger partial charge is 1.00 e. The van der Waals surface area contributed by atoms with E-state index in [-0.39, 0.29) is 18.9 Å². The van der Waals surface area contributed by atoms with Gasteiger partial charge >= 0.3 is 18.9 Å². The van der Waals surface area contributed by atoms with E-state index in [2.05, 4.69) is 4.28 Å². The van der Waals surface area contributed by atoms with Crippen molar-refractivity contribution in [2.75, 3.05) is 13.1 Å². The van der Waals surface area contributed by atoms with Crippen LogP contribution in [0.2, 0.25) is 0 Å². The van der Waals surface area contributed by atoms with Crippen LogP contribution in [0.5, 0.6) is 0 Å². The van der Waals surface area contributed by atoms with E-state index in [1.807, 2.05) is 0 Å². The summed E-state index contributed by atoms with van der Waals surface area (Å²) in [5, 5.41) is 1.34. The molecule has 0 aromatic carbocycles. The van der Waals surface area contributed by atoms with Gasteiger partial charge in [0.15, 0.2) is 0 Å². The molecule has 0 bridgehead atoms. The SMILES string of the molecule is O=[S-](=O)ON1CC1.[Li+]. The van der Waals surface area contributed by atoms with Gasteiger partial charge in [0, 0.05) is 13.1 Å². The van der Waals surface area contributed by atoms with Crippen LogP contribution >= 0.6 is 0 Å². The maximum absolute atomic E-state index is 9.59. The van der Waals surface area contributed by atoms with E-state index in [0.29, 0.717) is 0 Å². The summed E-state index contributed by atoms with van der Waals surface area (Å²) in [7, 11) is -2.36. The van der Waals surface area contributed by atoms with Crippen LogP contribution in [0.4, 0.5) is 0 Å².